The molecule has 0 spiro atoms. The highest BCUT2D eigenvalue weighted by molar-refractivity contribution is 5.96. The van der Waals surface area contributed by atoms with Crippen LogP contribution < -0.4 is 4.74 Å². The molecule has 0 aromatic heterocycles. The lowest BCUT2D eigenvalue weighted by molar-refractivity contribution is 0.0224. The molecular weight excluding hydrogens is 324 g/mol. The Balaban J connectivity index is 2.51. The van der Waals surface area contributed by atoms with Crippen LogP contribution in [-0.4, -0.2) is 19.2 Å². The molecule has 0 heterocycles. The quantitative estimate of drug-likeness (QED) is 0.314. The minimum atomic E-state index is 0.183. The van der Waals surface area contributed by atoms with E-state index in [1.807, 2.05) is 26.0 Å². The summed E-state index contributed by atoms with van der Waals surface area (Å²) >= 11 is 0. The number of hydrogen-bond donors (Lipinski definition) is 0. The van der Waals surface area contributed by atoms with Gasteiger partial charge in [0.05, 0.1) is 0 Å². The van der Waals surface area contributed by atoms with Crippen molar-refractivity contribution in [2.45, 2.75) is 53.4 Å². The van der Waals surface area contributed by atoms with Crippen molar-refractivity contribution in [3.63, 3.8) is 0 Å². The van der Waals surface area contributed by atoms with Crippen molar-refractivity contribution in [2.24, 2.45) is 0 Å². The van der Waals surface area contributed by atoms with Gasteiger partial charge in [-0.05, 0) is 59.7 Å². The first-order chi connectivity index (χ1) is 12.5. The first kappa shape index (κ1) is 20.2. The van der Waals surface area contributed by atoms with E-state index in [4.69, 9.17) is 9.47 Å². The number of Topliss-reactive ketones (excluding diaryl/α,β-unsaturated/α-hetero) is 1. The van der Waals surface area contributed by atoms with E-state index in [0.29, 0.717) is 18.9 Å². The van der Waals surface area contributed by atoms with Gasteiger partial charge < -0.3 is 9.47 Å². The molecule has 2 aromatic carbocycles. The van der Waals surface area contributed by atoms with E-state index in [1.165, 1.54) is 22.3 Å². The minimum Gasteiger partial charge on any atom is -0.468 e. The summed E-state index contributed by atoms with van der Waals surface area (Å²) in [6.45, 7) is 11.2. The molecule has 0 saturated heterocycles. The van der Waals surface area contributed by atoms with Gasteiger partial charge in [-0.3, -0.25) is 4.79 Å². The molecule has 2 aromatic rings. The second-order valence-corrected chi connectivity index (χ2v) is 6.66. The molecule has 0 radical (unpaired) electrons. The average Bonchev–Trinajstić information content (AvgIpc) is 2.67. The Morgan fingerprint density at radius 2 is 1.77 bits per heavy atom. The second-order valence-electron chi connectivity index (χ2n) is 6.66. The number of carbonyl (C=O) groups excluding carboxylic acids is 1. The summed E-state index contributed by atoms with van der Waals surface area (Å²) in [6.07, 6.45) is 1.46. The summed E-state index contributed by atoms with van der Waals surface area (Å²) in [5.41, 5.74) is 5.60. The van der Waals surface area contributed by atoms with Crippen molar-refractivity contribution in [2.75, 3.05) is 13.4 Å². The van der Waals surface area contributed by atoms with Crippen LogP contribution in [0, 0.1) is 0 Å². The van der Waals surface area contributed by atoms with Gasteiger partial charge in [0.15, 0.2) is 12.6 Å². The molecule has 0 amide bonds. The normalized spacial score (nSPS) is 11.0. The lowest BCUT2D eigenvalue weighted by atomic mass is 9.87. The molecular formula is C23H30O3. The highest BCUT2D eigenvalue weighted by Gasteiger charge is 2.15. The standard InChI is InChI=1S/C23H30O3/c1-6-17-9-11-19(26-15-25-8-3)14-22(17)20-12-10-18(23(24)7-2)13-21(20)16(4)5/h9-14,16H,6-8,15H2,1-5H3. The molecule has 0 aliphatic rings. The minimum absolute atomic E-state index is 0.183. The maximum absolute atomic E-state index is 12.1. The van der Waals surface area contributed by atoms with E-state index in [0.717, 1.165) is 17.7 Å². The molecule has 3 nitrogen and oxygen atoms in total. The molecule has 0 unspecified atom stereocenters. The van der Waals surface area contributed by atoms with Crippen LogP contribution in [0.3, 0.4) is 0 Å². The summed E-state index contributed by atoms with van der Waals surface area (Å²) in [6, 6.07) is 12.3. The van der Waals surface area contributed by atoms with Crippen LogP contribution in [0.4, 0.5) is 0 Å². The highest BCUT2D eigenvalue weighted by Crippen LogP contribution is 2.35. The first-order valence-electron chi connectivity index (χ1n) is 9.52. The SMILES string of the molecule is CCOCOc1ccc(CC)c(-c2ccc(C(=O)CC)cc2C(C)C)c1. The van der Waals surface area contributed by atoms with Gasteiger partial charge in [0, 0.05) is 18.6 Å². The number of rotatable bonds is 9. The maximum atomic E-state index is 12.1. The van der Waals surface area contributed by atoms with Crippen molar-refractivity contribution in [3.8, 4) is 16.9 Å². The average molecular weight is 354 g/mol. The Hall–Kier alpha value is -2.13. The zero-order valence-corrected chi connectivity index (χ0v) is 16.6. The zero-order chi connectivity index (χ0) is 19.1. The Bertz CT molecular complexity index is 747. The van der Waals surface area contributed by atoms with Gasteiger partial charge in [-0.1, -0.05) is 45.9 Å². The van der Waals surface area contributed by atoms with Gasteiger partial charge in [-0.2, -0.15) is 0 Å². The van der Waals surface area contributed by atoms with Gasteiger partial charge >= 0.3 is 0 Å². The summed E-state index contributed by atoms with van der Waals surface area (Å²) in [5, 5.41) is 0. The molecule has 0 N–H and O–H groups in total. The van der Waals surface area contributed by atoms with Crippen LogP contribution in [0.1, 0.15) is 68.4 Å². The summed E-state index contributed by atoms with van der Waals surface area (Å²) in [4.78, 5) is 12.1. The van der Waals surface area contributed by atoms with Crippen molar-refractivity contribution < 1.29 is 14.3 Å². The zero-order valence-electron chi connectivity index (χ0n) is 16.6. The number of carbonyl (C=O) groups is 1. The Labute approximate surface area is 157 Å². The van der Waals surface area contributed by atoms with Gasteiger partial charge in [0.25, 0.3) is 0 Å². The molecule has 0 bridgehead atoms. The Morgan fingerprint density at radius 3 is 2.38 bits per heavy atom. The van der Waals surface area contributed by atoms with Gasteiger partial charge in [0.2, 0.25) is 0 Å². The van der Waals surface area contributed by atoms with Gasteiger partial charge in [-0.25, -0.2) is 0 Å². The van der Waals surface area contributed by atoms with Crippen molar-refractivity contribution in [1.29, 1.82) is 0 Å². The predicted molar refractivity (Wildman–Crippen MR) is 107 cm³/mol. The number of aryl methyl sites for hydroxylation is 1. The lowest BCUT2D eigenvalue weighted by Gasteiger charge is -2.18. The summed E-state index contributed by atoms with van der Waals surface area (Å²) in [7, 11) is 0. The molecule has 2 rings (SSSR count). The molecule has 0 aliphatic heterocycles. The second kappa shape index (κ2) is 9.54. The molecule has 0 saturated carbocycles. The summed E-state index contributed by atoms with van der Waals surface area (Å²) in [5.74, 6) is 1.31. The van der Waals surface area contributed by atoms with Crippen LogP contribution in [0.2, 0.25) is 0 Å². The fourth-order valence-electron chi connectivity index (χ4n) is 3.06. The molecule has 140 valence electrons. The first-order valence-corrected chi connectivity index (χ1v) is 9.52. The van der Waals surface area contributed by atoms with E-state index in [9.17, 15) is 4.79 Å². The van der Waals surface area contributed by atoms with Crippen LogP contribution in [0.15, 0.2) is 36.4 Å². The third-order valence-corrected chi connectivity index (χ3v) is 4.58. The number of ketones is 1. The smallest absolute Gasteiger partial charge is 0.189 e. The largest absolute Gasteiger partial charge is 0.468 e. The Kier molecular flexibility index (Phi) is 7.40. The van der Waals surface area contributed by atoms with E-state index in [-0.39, 0.29) is 12.6 Å². The van der Waals surface area contributed by atoms with Crippen LogP contribution >= 0.6 is 0 Å². The predicted octanol–water partition coefficient (Wildman–Crippen LogP) is 6.00. The van der Waals surface area contributed by atoms with E-state index in [2.05, 4.69) is 45.0 Å². The van der Waals surface area contributed by atoms with Gasteiger partial charge in [0.1, 0.15) is 5.75 Å². The maximum Gasteiger partial charge on any atom is 0.189 e. The fraction of sp³-hybridized carbons (Fsp3) is 0.435. The highest BCUT2D eigenvalue weighted by atomic mass is 16.7. The third-order valence-electron chi connectivity index (χ3n) is 4.58. The van der Waals surface area contributed by atoms with Crippen molar-refractivity contribution >= 4 is 5.78 Å². The number of hydrogen-bond acceptors (Lipinski definition) is 3. The molecule has 3 heteroatoms. The monoisotopic (exact) mass is 354 g/mol. The lowest BCUT2D eigenvalue weighted by Crippen LogP contribution is -2.04. The van der Waals surface area contributed by atoms with Crippen LogP contribution in [0.25, 0.3) is 11.1 Å². The number of ether oxygens (including phenoxy) is 2. The van der Waals surface area contributed by atoms with E-state index in [1.54, 1.807) is 0 Å². The molecule has 26 heavy (non-hydrogen) atoms. The van der Waals surface area contributed by atoms with E-state index < -0.39 is 0 Å². The number of benzene rings is 2. The van der Waals surface area contributed by atoms with Crippen LogP contribution in [0.5, 0.6) is 5.75 Å². The fourth-order valence-corrected chi connectivity index (χ4v) is 3.06. The van der Waals surface area contributed by atoms with Crippen LogP contribution in [-0.2, 0) is 11.2 Å². The van der Waals surface area contributed by atoms with Gasteiger partial charge in [-0.15, -0.1) is 0 Å². The topological polar surface area (TPSA) is 35.5 Å². The third kappa shape index (κ3) is 4.73. The molecule has 0 fully saturated rings. The van der Waals surface area contributed by atoms with Crippen molar-refractivity contribution in [1.82, 2.24) is 0 Å². The molecule has 0 aliphatic carbocycles. The van der Waals surface area contributed by atoms with E-state index >= 15 is 0 Å². The van der Waals surface area contributed by atoms with Crippen molar-refractivity contribution in [3.05, 3.63) is 53.1 Å². The Morgan fingerprint density at radius 1 is 1.00 bits per heavy atom. The summed E-state index contributed by atoms with van der Waals surface area (Å²) < 4.78 is 11.0. The molecule has 0 atom stereocenters.